The van der Waals surface area contributed by atoms with Crippen LogP contribution in [0, 0.1) is 13.8 Å². The molecule has 2 nitrogen and oxygen atoms in total. The fourth-order valence-electron chi connectivity index (χ4n) is 3.35. The first-order chi connectivity index (χ1) is 11.5. The first kappa shape index (κ1) is 15.4. The number of rotatable bonds is 0. The van der Waals surface area contributed by atoms with E-state index in [1.54, 1.807) is 36.4 Å². The van der Waals surface area contributed by atoms with Crippen LogP contribution < -0.4 is 0 Å². The lowest BCUT2D eigenvalue weighted by molar-refractivity contribution is 0.104. The molecule has 0 atom stereocenters. The Labute approximate surface area is 150 Å². The number of aryl methyl sites for hydroxylation is 2. The van der Waals surface area contributed by atoms with Gasteiger partial charge in [0.2, 0.25) is 0 Å². The Morgan fingerprint density at radius 2 is 1.21 bits per heavy atom. The summed E-state index contributed by atoms with van der Waals surface area (Å²) in [5.74, 6) is -0.0735. The molecule has 1 aliphatic carbocycles. The monoisotopic (exact) mass is 353 g/mol. The van der Waals surface area contributed by atoms with Crippen LogP contribution >= 0.6 is 23.2 Å². The van der Waals surface area contributed by atoms with Gasteiger partial charge >= 0.3 is 0 Å². The first-order valence-corrected chi connectivity index (χ1v) is 8.35. The largest absolute Gasteiger partial charge is 0.289 e. The number of halogens is 2. The molecule has 0 unspecified atom stereocenters. The summed E-state index contributed by atoms with van der Waals surface area (Å²) in [5.41, 5.74) is 6.05. The van der Waals surface area contributed by atoms with Gasteiger partial charge in [-0.2, -0.15) is 0 Å². The molecule has 0 aliphatic heterocycles. The van der Waals surface area contributed by atoms with E-state index >= 15 is 0 Å². The zero-order chi connectivity index (χ0) is 17.0. The van der Waals surface area contributed by atoms with Crippen LogP contribution in [0.1, 0.15) is 27.3 Å². The number of aromatic nitrogens is 1. The van der Waals surface area contributed by atoms with Crippen molar-refractivity contribution in [2.45, 2.75) is 13.8 Å². The molecular weight excluding hydrogens is 341 g/mol. The van der Waals surface area contributed by atoms with E-state index in [2.05, 4.69) is 4.98 Å². The Morgan fingerprint density at radius 1 is 0.750 bits per heavy atom. The van der Waals surface area contributed by atoms with Crippen molar-refractivity contribution in [3.63, 3.8) is 0 Å². The van der Waals surface area contributed by atoms with Crippen LogP contribution in [0.4, 0.5) is 0 Å². The van der Waals surface area contributed by atoms with Gasteiger partial charge in [-0.05, 0) is 32.0 Å². The SMILES string of the molecule is Cc1nc(C)c2cc1-c1c(Cl)cccc1C(=O)c1cccc(Cl)c1-2. The molecule has 4 rings (SSSR count). The van der Waals surface area contributed by atoms with Crippen LogP contribution in [-0.4, -0.2) is 10.8 Å². The highest BCUT2D eigenvalue weighted by Crippen LogP contribution is 2.43. The van der Waals surface area contributed by atoms with E-state index < -0.39 is 0 Å². The van der Waals surface area contributed by atoms with Crippen molar-refractivity contribution in [2.24, 2.45) is 0 Å². The molecule has 1 heterocycles. The average Bonchev–Trinajstić information content (AvgIpc) is 2.54. The minimum atomic E-state index is -0.0735. The van der Waals surface area contributed by atoms with Crippen molar-refractivity contribution < 1.29 is 4.79 Å². The van der Waals surface area contributed by atoms with E-state index in [1.807, 2.05) is 19.9 Å². The highest BCUT2D eigenvalue weighted by molar-refractivity contribution is 6.37. The third kappa shape index (κ3) is 2.10. The summed E-state index contributed by atoms with van der Waals surface area (Å²) in [6.45, 7) is 3.86. The van der Waals surface area contributed by atoms with Gasteiger partial charge in [0, 0.05) is 54.8 Å². The number of hydrogen-bond acceptors (Lipinski definition) is 2. The normalized spacial score (nSPS) is 12.2. The van der Waals surface area contributed by atoms with Crippen LogP contribution in [0.25, 0.3) is 22.3 Å². The Bertz CT molecular complexity index is 948. The fraction of sp³-hybridized carbons (Fsp3) is 0.100. The molecule has 0 spiro atoms. The van der Waals surface area contributed by atoms with Crippen LogP contribution in [-0.2, 0) is 0 Å². The quantitative estimate of drug-likeness (QED) is 0.394. The van der Waals surface area contributed by atoms with E-state index in [0.29, 0.717) is 21.2 Å². The van der Waals surface area contributed by atoms with Crippen LogP contribution in [0.3, 0.4) is 0 Å². The van der Waals surface area contributed by atoms with Crippen molar-refractivity contribution in [2.75, 3.05) is 0 Å². The highest BCUT2D eigenvalue weighted by atomic mass is 35.5. The molecule has 3 aromatic rings. The number of fused-ring (bicyclic) bond motifs is 6. The number of benzene rings is 2. The third-order valence-corrected chi connectivity index (χ3v) is 5.09. The molecule has 1 aliphatic rings. The van der Waals surface area contributed by atoms with Crippen LogP contribution in [0.15, 0.2) is 42.5 Å². The molecule has 24 heavy (non-hydrogen) atoms. The summed E-state index contributed by atoms with van der Waals surface area (Å²) < 4.78 is 0. The maximum atomic E-state index is 13.2. The van der Waals surface area contributed by atoms with Gasteiger partial charge in [0.15, 0.2) is 5.78 Å². The van der Waals surface area contributed by atoms with Crippen LogP contribution in [0.2, 0.25) is 10.0 Å². The molecule has 0 saturated heterocycles. The van der Waals surface area contributed by atoms with Gasteiger partial charge in [0.25, 0.3) is 0 Å². The number of carbonyl (C=O) groups excluding carboxylic acids is 1. The molecule has 0 saturated carbocycles. The third-order valence-electron chi connectivity index (χ3n) is 4.46. The Balaban J connectivity index is 2.25. The summed E-state index contributed by atoms with van der Waals surface area (Å²) in [6, 6.07) is 12.8. The Morgan fingerprint density at radius 3 is 1.67 bits per heavy atom. The number of carbonyl (C=O) groups is 1. The van der Waals surface area contributed by atoms with E-state index in [4.69, 9.17) is 23.2 Å². The van der Waals surface area contributed by atoms with Crippen LogP contribution in [0.5, 0.6) is 0 Å². The fourth-order valence-corrected chi connectivity index (χ4v) is 3.90. The minimum absolute atomic E-state index is 0.0735. The van der Waals surface area contributed by atoms with Gasteiger partial charge in [0.05, 0.1) is 0 Å². The van der Waals surface area contributed by atoms with Gasteiger partial charge in [-0.15, -0.1) is 0 Å². The molecule has 1 aromatic heterocycles. The van der Waals surface area contributed by atoms with E-state index in [1.165, 1.54) is 0 Å². The summed E-state index contributed by atoms with van der Waals surface area (Å²) in [5, 5.41) is 1.09. The summed E-state index contributed by atoms with van der Waals surface area (Å²) in [6.07, 6.45) is 0. The smallest absolute Gasteiger partial charge is 0.194 e. The van der Waals surface area contributed by atoms with E-state index in [-0.39, 0.29) is 5.78 Å². The molecular formula is C20H13Cl2NO. The van der Waals surface area contributed by atoms with Gasteiger partial charge in [0.1, 0.15) is 0 Å². The molecule has 118 valence electrons. The highest BCUT2D eigenvalue weighted by Gasteiger charge is 2.27. The number of ketones is 1. The minimum Gasteiger partial charge on any atom is -0.289 e. The standard InChI is InChI=1S/C20H13Cl2NO/c1-10-14-9-15(11(2)23-10)19-13(6-4-8-17(19)22)20(24)12-5-3-7-16(21)18(12)14/h3-9H,1-2H3. The van der Waals surface area contributed by atoms with Crippen molar-refractivity contribution in [3.8, 4) is 22.3 Å². The van der Waals surface area contributed by atoms with Gasteiger partial charge in [-0.1, -0.05) is 47.5 Å². The lowest BCUT2D eigenvalue weighted by Crippen LogP contribution is -2.10. The summed E-state index contributed by atoms with van der Waals surface area (Å²) in [7, 11) is 0. The second-order valence-electron chi connectivity index (χ2n) is 5.91. The Kier molecular flexibility index (Phi) is 3.48. The predicted molar refractivity (Wildman–Crippen MR) is 98.0 cm³/mol. The maximum absolute atomic E-state index is 13.2. The molecule has 2 aromatic carbocycles. The van der Waals surface area contributed by atoms with Gasteiger partial charge in [-0.25, -0.2) is 0 Å². The molecule has 2 bridgehead atoms. The molecule has 0 amide bonds. The zero-order valence-electron chi connectivity index (χ0n) is 13.2. The second kappa shape index (κ2) is 5.44. The van der Waals surface area contributed by atoms with Gasteiger partial charge in [-0.3, -0.25) is 9.78 Å². The molecule has 0 fully saturated rings. The second-order valence-corrected chi connectivity index (χ2v) is 6.72. The summed E-state index contributed by atoms with van der Waals surface area (Å²) in [4.78, 5) is 17.9. The van der Waals surface area contributed by atoms with E-state index in [0.717, 1.165) is 33.6 Å². The number of pyridine rings is 1. The van der Waals surface area contributed by atoms with Crippen molar-refractivity contribution in [1.82, 2.24) is 4.98 Å². The summed E-state index contributed by atoms with van der Waals surface area (Å²) >= 11 is 12.9. The molecule has 0 N–H and O–H groups in total. The number of nitrogens with zero attached hydrogens (tertiary/aromatic N) is 1. The van der Waals surface area contributed by atoms with Gasteiger partial charge < -0.3 is 0 Å². The van der Waals surface area contributed by atoms with E-state index in [9.17, 15) is 4.79 Å². The van der Waals surface area contributed by atoms with Crippen molar-refractivity contribution >= 4 is 29.0 Å². The lowest BCUT2D eigenvalue weighted by Gasteiger charge is -2.21. The zero-order valence-corrected chi connectivity index (χ0v) is 14.7. The maximum Gasteiger partial charge on any atom is 0.194 e. The molecule has 0 radical (unpaired) electrons. The topological polar surface area (TPSA) is 30.0 Å². The number of hydrogen-bond donors (Lipinski definition) is 0. The first-order valence-electron chi connectivity index (χ1n) is 7.59. The van der Waals surface area contributed by atoms with Crippen molar-refractivity contribution in [1.29, 1.82) is 0 Å². The predicted octanol–water partition coefficient (Wildman–Crippen LogP) is 5.88. The molecule has 4 heteroatoms. The lowest BCUT2D eigenvalue weighted by atomic mass is 9.85. The van der Waals surface area contributed by atoms with Crippen molar-refractivity contribution in [3.05, 3.63) is 75.0 Å². The Hall–Kier alpha value is -2.16. The average molecular weight is 354 g/mol.